The van der Waals surface area contributed by atoms with Gasteiger partial charge in [0.05, 0.1) is 18.1 Å². The normalized spacial score (nSPS) is 26.3. The molecule has 5 nitrogen and oxygen atoms in total. The van der Waals surface area contributed by atoms with Gasteiger partial charge in [0.15, 0.2) is 6.04 Å². The average Bonchev–Trinajstić information content (AvgIpc) is 2.75. The maximum absolute atomic E-state index is 12.3. The van der Waals surface area contributed by atoms with Crippen molar-refractivity contribution in [3.8, 4) is 0 Å². The van der Waals surface area contributed by atoms with Crippen LogP contribution in [0.2, 0.25) is 0 Å². The van der Waals surface area contributed by atoms with Gasteiger partial charge in [-0.15, -0.1) is 0 Å². The Bertz CT molecular complexity index is 548. The lowest BCUT2D eigenvalue weighted by Crippen LogP contribution is -2.39. The van der Waals surface area contributed by atoms with Crippen molar-refractivity contribution in [2.45, 2.75) is 38.5 Å². The molecule has 21 heavy (non-hydrogen) atoms. The maximum atomic E-state index is 12.3. The zero-order chi connectivity index (χ0) is 15.6. The van der Waals surface area contributed by atoms with Crippen molar-refractivity contribution >= 4 is 27.8 Å². The highest BCUT2D eigenvalue weighted by atomic mass is 79.9. The van der Waals surface area contributed by atoms with Crippen molar-refractivity contribution < 1.29 is 19.4 Å². The van der Waals surface area contributed by atoms with E-state index in [1.807, 2.05) is 13.8 Å². The molecule has 2 N–H and O–H groups in total. The van der Waals surface area contributed by atoms with Gasteiger partial charge in [-0.25, -0.2) is 4.79 Å². The van der Waals surface area contributed by atoms with E-state index in [9.17, 15) is 14.7 Å². The molecule has 114 valence electrons. The number of carbonyl (C=O) groups is 2. The molecule has 0 aromatic heterocycles. The predicted molar refractivity (Wildman–Crippen MR) is 80.8 cm³/mol. The second-order valence-corrected chi connectivity index (χ2v) is 6.15. The van der Waals surface area contributed by atoms with Crippen molar-refractivity contribution in [3.05, 3.63) is 34.3 Å². The monoisotopic (exact) mass is 355 g/mol. The first-order valence-electron chi connectivity index (χ1n) is 6.83. The van der Waals surface area contributed by atoms with Gasteiger partial charge in [0.25, 0.3) is 0 Å². The van der Waals surface area contributed by atoms with Crippen LogP contribution >= 0.6 is 15.9 Å². The Morgan fingerprint density at radius 3 is 2.57 bits per heavy atom. The number of nitrogens with one attached hydrogen (secondary N) is 1. The SMILES string of the molecule is CC1CC(C(=O)NC(C(=O)O)c2ccccc2Br)C(C)O1. The number of aliphatic carboxylic acids is 1. The fraction of sp³-hybridized carbons (Fsp3) is 0.467. The van der Waals surface area contributed by atoms with Crippen molar-refractivity contribution in [1.29, 1.82) is 0 Å². The Kier molecular flexibility index (Phi) is 5.00. The topological polar surface area (TPSA) is 75.6 Å². The Morgan fingerprint density at radius 2 is 2.05 bits per heavy atom. The van der Waals surface area contributed by atoms with E-state index in [2.05, 4.69) is 21.2 Å². The minimum atomic E-state index is -1.09. The number of ether oxygens (including phenoxy) is 1. The molecule has 0 spiro atoms. The molecule has 1 aliphatic heterocycles. The number of carboxylic acids is 1. The number of benzene rings is 1. The molecule has 0 bridgehead atoms. The third kappa shape index (κ3) is 3.63. The van der Waals surface area contributed by atoms with E-state index in [0.717, 1.165) is 0 Å². The third-order valence-corrected chi connectivity index (χ3v) is 4.41. The summed E-state index contributed by atoms with van der Waals surface area (Å²) in [6.45, 7) is 3.74. The summed E-state index contributed by atoms with van der Waals surface area (Å²) in [7, 11) is 0. The molecule has 1 aromatic rings. The standard InChI is InChI=1S/C15H18BrNO4/c1-8-7-11(9(2)21-8)14(18)17-13(15(19)20)10-5-3-4-6-12(10)16/h3-6,8-9,11,13H,7H2,1-2H3,(H,17,18)(H,19,20). The number of hydrogen-bond donors (Lipinski definition) is 2. The van der Waals surface area contributed by atoms with Gasteiger partial charge in [-0.05, 0) is 31.9 Å². The molecule has 1 aromatic carbocycles. The van der Waals surface area contributed by atoms with Gasteiger partial charge >= 0.3 is 5.97 Å². The predicted octanol–water partition coefficient (Wildman–Crippen LogP) is 2.50. The zero-order valence-corrected chi connectivity index (χ0v) is 13.5. The first-order chi connectivity index (χ1) is 9.90. The second-order valence-electron chi connectivity index (χ2n) is 5.30. The number of halogens is 1. The number of rotatable bonds is 4. The Morgan fingerprint density at radius 1 is 1.38 bits per heavy atom. The average molecular weight is 356 g/mol. The molecular weight excluding hydrogens is 338 g/mol. The summed E-state index contributed by atoms with van der Waals surface area (Å²) < 4.78 is 6.20. The minimum Gasteiger partial charge on any atom is -0.479 e. The van der Waals surface area contributed by atoms with Crippen LogP contribution in [0.25, 0.3) is 0 Å². The summed E-state index contributed by atoms with van der Waals surface area (Å²) >= 11 is 3.32. The van der Waals surface area contributed by atoms with Crippen LogP contribution in [0.5, 0.6) is 0 Å². The van der Waals surface area contributed by atoms with Crippen LogP contribution in [0, 0.1) is 5.92 Å². The van der Waals surface area contributed by atoms with Crippen LogP contribution in [0.1, 0.15) is 31.9 Å². The summed E-state index contributed by atoms with van der Waals surface area (Å²) in [6.07, 6.45) is 0.422. The van der Waals surface area contributed by atoms with Crippen LogP contribution in [-0.2, 0) is 14.3 Å². The van der Waals surface area contributed by atoms with E-state index in [0.29, 0.717) is 16.5 Å². The number of hydrogen-bond acceptors (Lipinski definition) is 3. The molecule has 1 saturated heterocycles. The van der Waals surface area contributed by atoms with Gasteiger partial charge in [-0.3, -0.25) is 4.79 Å². The van der Waals surface area contributed by atoms with E-state index in [1.165, 1.54) is 0 Å². The molecule has 4 atom stereocenters. The van der Waals surface area contributed by atoms with E-state index >= 15 is 0 Å². The first kappa shape index (κ1) is 16.0. The highest BCUT2D eigenvalue weighted by Gasteiger charge is 2.37. The molecule has 0 aliphatic carbocycles. The van der Waals surface area contributed by atoms with Crippen LogP contribution in [-0.4, -0.2) is 29.2 Å². The lowest BCUT2D eigenvalue weighted by molar-refractivity contribution is -0.143. The molecule has 2 rings (SSSR count). The van der Waals surface area contributed by atoms with Crippen LogP contribution < -0.4 is 5.32 Å². The molecular formula is C15H18BrNO4. The second kappa shape index (κ2) is 6.58. The number of amides is 1. The van der Waals surface area contributed by atoms with Crippen LogP contribution in [0.4, 0.5) is 0 Å². The van der Waals surface area contributed by atoms with Crippen molar-refractivity contribution in [2.75, 3.05) is 0 Å². The lowest BCUT2D eigenvalue weighted by atomic mass is 9.98. The maximum Gasteiger partial charge on any atom is 0.330 e. The van der Waals surface area contributed by atoms with E-state index in [-0.39, 0.29) is 24.0 Å². The van der Waals surface area contributed by atoms with Crippen LogP contribution in [0.3, 0.4) is 0 Å². The fourth-order valence-corrected chi connectivity index (χ4v) is 3.13. The number of carbonyl (C=O) groups excluding carboxylic acids is 1. The molecule has 1 heterocycles. The Labute approximate surface area is 131 Å². The van der Waals surface area contributed by atoms with E-state index in [4.69, 9.17) is 4.74 Å². The summed E-state index contributed by atoms with van der Waals surface area (Å²) in [4.78, 5) is 23.8. The van der Waals surface area contributed by atoms with E-state index < -0.39 is 12.0 Å². The highest BCUT2D eigenvalue weighted by Crippen LogP contribution is 2.28. The summed E-state index contributed by atoms with van der Waals surface area (Å²) in [5, 5.41) is 12.0. The smallest absolute Gasteiger partial charge is 0.330 e. The summed E-state index contributed by atoms with van der Waals surface area (Å²) in [6, 6.07) is 5.89. The van der Waals surface area contributed by atoms with Gasteiger partial charge in [0, 0.05) is 4.47 Å². The van der Waals surface area contributed by atoms with Gasteiger partial charge in [0.2, 0.25) is 5.91 Å². The number of carboxylic acid groups (broad SMARTS) is 1. The van der Waals surface area contributed by atoms with Gasteiger partial charge in [-0.1, -0.05) is 34.1 Å². The Balaban J connectivity index is 2.16. The van der Waals surface area contributed by atoms with Gasteiger partial charge < -0.3 is 15.2 Å². The quantitative estimate of drug-likeness (QED) is 0.869. The summed E-state index contributed by atoms with van der Waals surface area (Å²) in [5.74, 6) is -1.69. The highest BCUT2D eigenvalue weighted by molar-refractivity contribution is 9.10. The van der Waals surface area contributed by atoms with Gasteiger partial charge in [0.1, 0.15) is 0 Å². The van der Waals surface area contributed by atoms with Crippen molar-refractivity contribution in [2.24, 2.45) is 5.92 Å². The zero-order valence-electron chi connectivity index (χ0n) is 11.9. The molecule has 0 saturated carbocycles. The van der Waals surface area contributed by atoms with E-state index in [1.54, 1.807) is 24.3 Å². The first-order valence-corrected chi connectivity index (χ1v) is 7.62. The minimum absolute atomic E-state index is 0.0162. The van der Waals surface area contributed by atoms with Crippen LogP contribution in [0.15, 0.2) is 28.7 Å². The molecule has 0 radical (unpaired) electrons. The molecule has 1 amide bonds. The summed E-state index contributed by atoms with van der Waals surface area (Å²) in [5.41, 5.74) is 0.526. The largest absolute Gasteiger partial charge is 0.479 e. The molecule has 1 fully saturated rings. The molecule has 6 heteroatoms. The third-order valence-electron chi connectivity index (χ3n) is 3.69. The Hall–Kier alpha value is -1.40. The fourth-order valence-electron chi connectivity index (χ4n) is 2.62. The lowest BCUT2D eigenvalue weighted by Gasteiger charge is -2.20. The van der Waals surface area contributed by atoms with Crippen molar-refractivity contribution in [1.82, 2.24) is 5.32 Å². The molecule has 1 aliphatic rings. The van der Waals surface area contributed by atoms with Crippen molar-refractivity contribution in [3.63, 3.8) is 0 Å². The van der Waals surface area contributed by atoms with Gasteiger partial charge in [-0.2, -0.15) is 0 Å². The molecule has 4 unspecified atom stereocenters.